The van der Waals surface area contributed by atoms with Crippen LogP contribution in [0, 0.1) is 0 Å². The van der Waals surface area contributed by atoms with Gasteiger partial charge in [-0.2, -0.15) is 5.10 Å². The summed E-state index contributed by atoms with van der Waals surface area (Å²) in [4.78, 5) is 12.0. The third kappa shape index (κ3) is 2.90. The summed E-state index contributed by atoms with van der Waals surface area (Å²) in [5.74, 6) is 0.285. The van der Waals surface area contributed by atoms with Crippen LogP contribution in [0.25, 0.3) is 0 Å². The largest absolute Gasteiger partial charge is 0.384 e. The van der Waals surface area contributed by atoms with E-state index in [2.05, 4.69) is 33.9 Å². The predicted octanol–water partition coefficient (Wildman–Crippen LogP) is 0.447. The average Bonchev–Trinajstić information content (AvgIpc) is 2.84. The Morgan fingerprint density at radius 1 is 1.48 bits per heavy atom. The van der Waals surface area contributed by atoms with E-state index >= 15 is 0 Å². The summed E-state index contributed by atoms with van der Waals surface area (Å²) >= 11 is 0. The van der Waals surface area contributed by atoms with Crippen LogP contribution < -0.4 is 16.4 Å². The molecule has 1 unspecified atom stereocenters. The Kier molecular flexibility index (Phi) is 3.62. The van der Waals surface area contributed by atoms with Crippen LogP contribution in [0.15, 0.2) is 30.3 Å². The number of rotatable bonds is 3. The average molecular weight is 285 g/mol. The van der Waals surface area contributed by atoms with E-state index in [4.69, 9.17) is 5.73 Å². The van der Waals surface area contributed by atoms with E-state index in [0.717, 1.165) is 13.0 Å². The number of nitrogens with two attached hydrogens (primary N) is 1. The van der Waals surface area contributed by atoms with Crippen LogP contribution in [0.1, 0.15) is 21.6 Å². The molecule has 21 heavy (non-hydrogen) atoms. The van der Waals surface area contributed by atoms with E-state index in [1.165, 1.54) is 15.8 Å². The van der Waals surface area contributed by atoms with Gasteiger partial charge in [-0.05, 0) is 17.5 Å². The molecule has 0 saturated carbocycles. The maximum Gasteiger partial charge on any atom is 0.271 e. The maximum absolute atomic E-state index is 12.0. The summed E-state index contributed by atoms with van der Waals surface area (Å²) in [5, 5.41) is 10.4. The lowest BCUT2D eigenvalue weighted by Crippen LogP contribution is -2.44. The lowest BCUT2D eigenvalue weighted by molar-refractivity contribution is 0.0943. The van der Waals surface area contributed by atoms with Crippen molar-refractivity contribution in [2.75, 3.05) is 12.3 Å². The molecule has 1 aliphatic heterocycles. The summed E-state index contributed by atoms with van der Waals surface area (Å²) in [7, 11) is 1.71. The molecule has 0 spiro atoms. The zero-order valence-electron chi connectivity index (χ0n) is 12.0. The van der Waals surface area contributed by atoms with Gasteiger partial charge in [0.1, 0.15) is 5.82 Å². The number of nitrogen functional groups attached to an aromatic ring is 1. The fourth-order valence-corrected chi connectivity index (χ4v) is 2.56. The summed E-state index contributed by atoms with van der Waals surface area (Å²) in [6, 6.07) is 10.2. The summed E-state index contributed by atoms with van der Waals surface area (Å²) in [6.07, 6.45) is 0.917. The lowest BCUT2D eigenvalue weighted by Gasteiger charge is -2.26. The number of benzene rings is 1. The fraction of sp³-hybridized carbons (Fsp3) is 0.333. The normalized spacial score (nSPS) is 17.3. The Morgan fingerprint density at radius 2 is 2.24 bits per heavy atom. The van der Waals surface area contributed by atoms with Gasteiger partial charge in [0.05, 0.1) is 0 Å². The van der Waals surface area contributed by atoms with Gasteiger partial charge in [0, 0.05) is 32.2 Å². The first kappa shape index (κ1) is 13.6. The van der Waals surface area contributed by atoms with Gasteiger partial charge in [-0.1, -0.05) is 24.3 Å². The van der Waals surface area contributed by atoms with E-state index in [1.54, 1.807) is 13.1 Å². The Bertz CT molecular complexity index is 644. The Balaban J connectivity index is 1.58. The number of anilines is 1. The minimum absolute atomic E-state index is 0.192. The highest BCUT2D eigenvalue weighted by atomic mass is 16.1. The first-order valence-corrected chi connectivity index (χ1v) is 7.01. The molecule has 2 heterocycles. The lowest BCUT2D eigenvalue weighted by atomic mass is 9.96. The predicted molar refractivity (Wildman–Crippen MR) is 80.7 cm³/mol. The van der Waals surface area contributed by atoms with Gasteiger partial charge in [-0.25, -0.2) is 0 Å². The molecule has 3 rings (SSSR count). The molecular weight excluding hydrogens is 266 g/mol. The topological polar surface area (TPSA) is 85.0 Å². The Hall–Kier alpha value is -2.34. The van der Waals surface area contributed by atoms with Crippen LogP contribution in [0.3, 0.4) is 0 Å². The van der Waals surface area contributed by atoms with Crippen molar-refractivity contribution in [2.45, 2.75) is 19.0 Å². The molecular formula is C15H19N5O. The van der Waals surface area contributed by atoms with Crippen LogP contribution in [0.2, 0.25) is 0 Å². The number of aryl methyl sites for hydroxylation is 1. The third-order valence-electron chi connectivity index (χ3n) is 3.82. The standard InChI is InChI=1S/C15H19N5O/c1-20-14(16)7-13(19-20)15(21)18-9-12-6-10-4-2-3-5-11(10)8-17-12/h2-5,7,12,17H,6,8-9,16H2,1H3,(H,18,21). The van der Waals surface area contributed by atoms with Gasteiger partial charge in [0.25, 0.3) is 5.91 Å². The molecule has 1 aromatic carbocycles. The van der Waals surface area contributed by atoms with Crippen molar-refractivity contribution in [3.8, 4) is 0 Å². The van der Waals surface area contributed by atoms with Gasteiger partial charge in [-0.15, -0.1) is 0 Å². The van der Waals surface area contributed by atoms with Gasteiger partial charge >= 0.3 is 0 Å². The van der Waals surface area contributed by atoms with E-state index in [9.17, 15) is 4.79 Å². The molecule has 110 valence electrons. The highest BCUT2D eigenvalue weighted by Crippen LogP contribution is 2.15. The molecule has 6 heteroatoms. The highest BCUT2D eigenvalue weighted by Gasteiger charge is 2.19. The maximum atomic E-state index is 12.0. The van der Waals surface area contributed by atoms with Crippen molar-refractivity contribution in [2.24, 2.45) is 7.05 Å². The fourth-order valence-electron chi connectivity index (χ4n) is 2.56. The molecule has 0 radical (unpaired) electrons. The van der Waals surface area contributed by atoms with Gasteiger partial charge in [0.2, 0.25) is 0 Å². The highest BCUT2D eigenvalue weighted by molar-refractivity contribution is 5.92. The number of fused-ring (bicyclic) bond motifs is 1. The Labute approximate surface area is 123 Å². The second-order valence-corrected chi connectivity index (χ2v) is 5.34. The number of carbonyl (C=O) groups excluding carboxylic acids is 1. The van der Waals surface area contributed by atoms with Crippen LogP contribution in [-0.4, -0.2) is 28.3 Å². The molecule has 4 N–H and O–H groups in total. The molecule has 6 nitrogen and oxygen atoms in total. The van der Waals surface area contributed by atoms with Crippen molar-refractivity contribution in [3.63, 3.8) is 0 Å². The molecule has 0 bridgehead atoms. The van der Waals surface area contributed by atoms with Crippen molar-refractivity contribution in [3.05, 3.63) is 47.2 Å². The van der Waals surface area contributed by atoms with Crippen molar-refractivity contribution in [1.29, 1.82) is 0 Å². The number of amides is 1. The second-order valence-electron chi connectivity index (χ2n) is 5.34. The van der Waals surface area contributed by atoms with Gasteiger partial charge in [-0.3, -0.25) is 9.48 Å². The molecule has 0 saturated heterocycles. The SMILES string of the molecule is Cn1nc(C(=O)NCC2Cc3ccccc3CN2)cc1N. The van der Waals surface area contributed by atoms with Crippen LogP contribution in [0.4, 0.5) is 5.82 Å². The minimum Gasteiger partial charge on any atom is -0.384 e. The summed E-state index contributed by atoms with van der Waals surface area (Å²) < 4.78 is 1.49. The number of hydrogen-bond donors (Lipinski definition) is 3. The van der Waals surface area contributed by atoms with Gasteiger partial charge in [0.15, 0.2) is 5.69 Å². The number of nitrogens with zero attached hydrogens (tertiary/aromatic N) is 2. The number of hydrogen-bond acceptors (Lipinski definition) is 4. The van der Waals surface area contributed by atoms with E-state index < -0.39 is 0 Å². The van der Waals surface area contributed by atoms with Crippen LogP contribution in [-0.2, 0) is 20.0 Å². The zero-order chi connectivity index (χ0) is 14.8. The number of aromatic nitrogens is 2. The van der Waals surface area contributed by atoms with E-state index in [-0.39, 0.29) is 11.9 Å². The van der Waals surface area contributed by atoms with Crippen LogP contribution >= 0.6 is 0 Å². The first-order valence-electron chi connectivity index (χ1n) is 7.01. The van der Waals surface area contributed by atoms with Crippen molar-refractivity contribution >= 4 is 11.7 Å². The van der Waals surface area contributed by atoms with Crippen LogP contribution in [0.5, 0.6) is 0 Å². The monoisotopic (exact) mass is 285 g/mol. The molecule has 1 amide bonds. The summed E-state index contributed by atoms with van der Waals surface area (Å²) in [6.45, 7) is 1.41. The summed E-state index contributed by atoms with van der Waals surface area (Å²) in [5.41, 5.74) is 8.71. The van der Waals surface area contributed by atoms with Crippen molar-refractivity contribution in [1.82, 2.24) is 20.4 Å². The van der Waals surface area contributed by atoms with E-state index in [1.807, 2.05) is 6.07 Å². The molecule has 2 aromatic rings. The number of carbonyl (C=O) groups is 1. The zero-order valence-corrected chi connectivity index (χ0v) is 12.0. The Morgan fingerprint density at radius 3 is 2.95 bits per heavy atom. The molecule has 1 atom stereocenters. The molecule has 1 aromatic heterocycles. The second kappa shape index (κ2) is 5.57. The first-order chi connectivity index (χ1) is 10.1. The molecule has 0 aliphatic carbocycles. The quantitative estimate of drug-likeness (QED) is 0.764. The van der Waals surface area contributed by atoms with Gasteiger partial charge < -0.3 is 16.4 Å². The van der Waals surface area contributed by atoms with E-state index in [0.29, 0.717) is 18.1 Å². The molecule has 1 aliphatic rings. The number of nitrogens with one attached hydrogen (secondary N) is 2. The molecule has 0 fully saturated rings. The third-order valence-corrected chi connectivity index (χ3v) is 3.82. The smallest absolute Gasteiger partial charge is 0.271 e. The van der Waals surface area contributed by atoms with Crippen molar-refractivity contribution < 1.29 is 4.79 Å². The minimum atomic E-state index is -0.192.